The van der Waals surface area contributed by atoms with Gasteiger partial charge in [0.05, 0.1) is 20.0 Å². The number of nitrogens with one attached hydrogen (secondary N) is 1. The Balaban J connectivity index is 2.33. The van der Waals surface area contributed by atoms with Gasteiger partial charge in [-0.3, -0.25) is 4.90 Å². The molecule has 1 saturated carbocycles. The lowest BCUT2D eigenvalue weighted by molar-refractivity contribution is -0.776. The Hall–Kier alpha value is -0.370. The molecule has 0 aromatic rings. The maximum Gasteiger partial charge on any atom is 0.314 e. The zero-order valence-corrected chi connectivity index (χ0v) is 5.40. The van der Waals surface area contributed by atoms with Crippen molar-refractivity contribution in [3.05, 3.63) is 0 Å². The zero-order valence-electron chi connectivity index (χ0n) is 5.40. The van der Waals surface area contributed by atoms with Gasteiger partial charge in [-0.25, -0.2) is 4.79 Å². The van der Waals surface area contributed by atoms with E-state index in [0.29, 0.717) is 11.8 Å². The standard InChI is InChI=1S/C6H11NO/c1-7(2)6(8)5-3-4-5/h5H,3-4H2,1-2H3/p+1. The molecule has 0 radical (unpaired) electrons. The molecule has 1 rings (SSSR count). The molecule has 8 heavy (non-hydrogen) atoms. The molecule has 2 heteroatoms. The van der Waals surface area contributed by atoms with Crippen LogP contribution in [0.2, 0.25) is 0 Å². The number of quaternary nitrogens is 1. The molecule has 1 aliphatic rings. The summed E-state index contributed by atoms with van der Waals surface area (Å²) in [7, 11) is 3.78. The van der Waals surface area contributed by atoms with Crippen molar-refractivity contribution in [2.75, 3.05) is 14.1 Å². The summed E-state index contributed by atoms with van der Waals surface area (Å²) < 4.78 is 0. The van der Waals surface area contributed by atoms with Crippen LogP contribution in [0.15, 0.2) is 0 Å². The minimum absolute atomic E-state index is 0.380. The summed E-state index contributed by atoms with van der Waals surface area (Å²) in [5.41, 5.74) is 0. The highest BCUT2D eigenvalue weighted by Crippen LogP contribution is 2.27. The largest absolute Gasteiger partial charge is 0.314 e. The Morgan fingerprint density at radius 2 is 2.00 bits per heavy atom. The predicted octanol–water partition coefficient (Wildman–Crippen LogP) is -0.933. The molecule has 46 valence electrons. The second-order valence-corrected chi connectivity index (χ2v) is 2.64. The Bertz CT molecular complexity index is 101. The van der Waals surface area contributed by atoms with Crippen LogP contribution >= 0.6 is 0 Å². The monoisotopic (exact) mass is 114 g/mol. The predicted molar refractivity (Wildman–Crippen MR) is 30.5 cm³/mol. The molecule has 0 spiro atoms. The molecule has 0 atom stereocenters. The normalized spacial score (nSPS) is 19.4. The van der Waals surface area contributed by atoms with Crippen LogP contribution in [0.4, 0.5) is 0 Å². The third kappa shape index (κ3) is 1.07. The van der Waals surface area contributed by atoms with E-state index in [-0.39, 0.29) is 0 Å². The van der Waals surface area contributed by atoms with Gasteiger partial charge in [0.15, 0.2) is 0 Å². The van der Waals surface area contributed by atoms with Gasteiger partial charge in [0.2, 0.25) is 0 Å². The summed E-state index contributed by atoms with van der Waals surface area (Å²) in [5, 5.41) is 0. The van der Waals surface area contributed by atoms with Gasteiger partial charge in [0.1, 0.15) is 0 Å². The van der Waals surface area contributed by atoms with E-state index in [1.807, 2.05) is 14.1 Å². The van der Waals surface area contributed by atoms with Crippen LogP contribution in [0.3, 0.4) is 0 Å². The van der Waals surface area contributed by atoms with Gasteiger partial charge >= 0.3 is 5.91 Å². The molecule has 1 aliphatic carbocycles. The summed E-state index contributed by atoms with van der Waals surface area (Å²) in [4.78, 5) is 11.8. The fourth-order valence-corrected chi connectivity index (χ4v) is 0.754. The number of amides is 1. The minimum Gasteiger partial charge on any atom is -0.276 e. The van der Waals surface area contributed by atoms with Crippen LogP contribution in [0.5, 0.6) is 0 Å². The highest BCUT2D eigenvalue weighted by Gasteiger charge is 2.34. The van der Waals surface area contributed by atoms with Crippen molar-refractivity contribution in [2.24, 2.45) is 5.92 Å². The second kappa shape index (κ2) is 1.86. The van der Waals surface area contributed by atoms with Crippen LogP contribution in [0.25, 0.3) is 0 Å². The highest BCUT2D eigenvalue weighted by molar-refractivity contribution is 5.72. The number of hydrogen-bond donors (Lipinski definition) is 1. The van der Waals surface area contributed by atoms with Crippen LogP contribution in [0.1, 0.15) is 12.8 Å². The van der Waals surface area contributed by atoms with Crippen molar-refractivity contribution in [1.29, 1.82) is 0 Å². The first kappa shape index (κ1) is 5.76. The Labute approximate surface area is 49.5 Å². The van der Waals surface area contributed by atoms with E-state index in [0.717, 1.165) is 17.7 Å². The fraction of sp³-hybridized carbons (Fsp3) is 0.833. The first-order valence-electron chi connectivity index (χ1n) is 3.06. The smallest absolute Gasteiger partial charge is 0.276 e. The van der Waals surface area contributed by atoms with Crippen LogP contribution in [-0.4, -0.2) is 20.0 Å². The first-order valence-corrected chi connectivity index (χ1v) is 3.06. The van der Waals surface area contributed by atoms with E-state index in [2.05, 4.69) is 0 Å². The van der Waals surface area contributed by atoms with E-state index in [4.69, 9.17) is 0 Å². The van der Waals surface area contributed by atoms with Crippen molar-refractivity contribution < 1.29 is 9.69 Å². The lowest BCUT2D eigenvalue weighted by atomic mass is 10.4. The summed E-state index contributed by atoms with van der Waals surface area (Å²) in [6, 6.07) is 0. The molecule has 0 aromatic heterocycles. The summed E-state index contributed by atoms with van der Waals surface area (Å²) in [6.45, 7) is 0. The Kier molecular flexibility index (Phi) is 1.34. The van der Waals surface area contributed by atoms with Crippen molar-refractivity contribution in [1.82, 2.24) is 0 Å². The van der Waals surface area contributed by atoms with E-state index in [1.165, 1.54) is 0 Å². The zero-order chi connectivity index (χ0) is 6.15. The molecule has 0 bridgehead atoms. The van der Waals surface area contributed by atoms with Gasteiger partial charge in [-0.05, 0) is 12.8 Å². The molecule has 1 fully saturated rings. The molecular weight excluding hydrogens is 102 g/mol. The maximum absolute atomic E-state index is 10.9. The highest BCUT2D eigenvalue weighted by atomic mass is 16.2. The number of carbonyl (C=O) groups excluding carboxylic acids is 1. The maximum atomic E-state index is 10.9. The molecule has 0 saturated heterocycles. The number of hydrogen-bond acceptors (Lipinski definition) is 1. The lowest BCUT2D eigenvalue weighted by Gasteiger charge is -2.00. The van der Waals surface area contributed by atoms with E-state index >= 15 is 0 Å². The molecular formula is C6H12NO+. The van der Waals surface area contributed by atoms with E-state index < -0.39 is 0 Å². The van der Waals surface area contributed by atoms with Crippen LogP contribution < -0.4 is 4.90 Å². The van der Waals surface area contributed by atoms with Gasteiger partial charge in [-0.2, -0.15) is 0 Å². The minimum atomic E-state index is 0.380. The average Bonchev–Trinajstić information content (AvgIpc) is 2.43. The SMILES string of the molecule is C[NH+](C)C(=O)C1CC1. The average molecular weight is 114 g/mol. The third-order valence-electron chi connectivity index (χ3n) is 1.44. The topological polar surface area (TPSA) is 21.5 Å². The molecule has 1 amide bonds. The lowest BCUT2D eigenvalue weighted by Crippen LogP contribution is -3.09. The number of rotatable bonds is 1. The fourth-order valence-electron chi connectivity index (χ4n) is 0.754. The third-order valence-corrected chi connectivity index (χ3v) is 1.44. The first-order chi connectivity index (χ1) is 3.72. The van der Waals surface area contributed by atoms with Crippen molar-refractivity contribution in [3.63, 3.8) is 0 Å². The molecule has 0 aromatic carbocycles. The molecule has 0 unspecified atom stereocenters. The second-order valence-electron chi connectivity index (χ2n) is 2.64. The molecule has 1 N–H and O–H groups in total. The number of carbonyl (C=O) groups is 1. The van der Waals surface area contributed by atoms with Gasteiger partial charge < -0.3 is 0 Å². The quantitative estimate of drug-likeness (QED) is 0.467. The summed E-state index contributed by atoms with van der Waals surface area (Å²) in [5.74, 6) is 0.796. The Morgan fingerprint density at radius 3 is 2.12 bits per heavy atom. The van der Waals surface area contributed by atoms with E-state index in [9.17, 15) is 4.79 Å². The van der Waals surface area contributed by atoms with Crippen molar-refractivity contribution >= 4 is 5.91 Å². The van der Waals surface area contributed by atoms with Gasteiger partial charge in [0, 0.05) is 0 Å². The van der Waals surface area contributed by atoms with E-state index in [1.54, 1.807) is 0 Å². The molecule has 0 aliphatic heterocycles. The van der Waals surface area contributed by atoms with Gasteiger partial charge in [-0.15, -0.1) is 0 Å². The molecule has 2 nitrogen and oxygen atoms in total. The van der Waals surface area contributed by atoms with Crippen molar-refractivity contribution in [3.8, 4) is 0 Å². The van der Waals surface area contributed by atoms with Crippen LogP contribution in [-0.2, 0) is 4.79 Å². The Morgan fingerprint density at radius 1 is 1.50 bits per heavy atom. The summed E-state index contributed by atoms with van der Waals surface area (Å²) in [6.07, 6.45) is 2.26. The van der Waals surface area contributed by atoms with Crippen molar-refractivity contribution in [2.45, 2.75) is 12.8 Å². The van der Waals surface area contributed by atoms with Gasteiger partial charge in [0.25, 0.3) is 0 Å². The van der Waals surface area contributed by atoms with Crippen LogP contribution in [0, 0.1) is 5.92 Å². The molecule has 0 heterocycles. The van der Waals surface area contributed by atoms with Gasteiger partial charge in [-0.1, -0.05) is 0 Å². The summed E-state index contributed by atoms with van der Waals surface area (Å²) >= 11 is 0.